The van der Waals surface area contributed by atoms with Gasteiger partial charge in [-0.1, -0.05) is 5.16 Å². The first-order chi connectivity index (χ1) is 18.0. The lowest BCUT2D eigenvalue weighted by molar-refractivity contribution is -0.173. The smallest absolute Gasteiger partial charge is 0.357 e. The van der Waals surface area contributed by atoms with Crippen LogP contribution in [0.1, 0.15) is 39.3 Å². The summed E-state index contributed by atoms with van der Waals surface area (Å²) < 4.78 is 10.4. The van der Waals surface area contributed by atoms with Crippen LogP contribution in [0.25, 0.3) is 0 Å². The molecule has 0 spiro atoms. The molecule has 1 aromatic rings. The average Bonchev–Trinajstić information content (AvgIpc) is 3.56. The van der Waals surface area contributed by atoms with Gasteiger partial charge in [0.1, 0.15) is 29.9 Å². The third-order valence-electron chi connectivity index (χ3n) is 5.95. The molecule has 0 aromatic carbocycles. The normalized spacial score (nSPS) is 23.5. The number of rotatable bonds is 8. The lowest BCUT2D eigenvalue weighted by atomic mass is 9.98. The van der Waals surface area contributed by atoms with Crippen LogP contribution < -0.4 is 11.1 Å². The Morgan fingerprint density at radius 2 is 2.03 bits per heavy atom. The van der Waals surface area contributed by atoms with Gasteiger partial charge in [0, 0.05) is 16.4 Å². The highest BCUT2D eigenvalue weighted by molar-refractivity contribution is 8.01. The Morgan fingerprint density at radius 3 is 2.63 bits per heavy atom. The molecule has 2 amide bonds. The number of amides is 2. The molecule has 1 unspecified atom stereocenters. The molecule has 3 atom stereocenters. The molecule has 12 nitrogen and oxygen atoms in total. The number of thiazole rings is 1. The Kier molecular flexibility index (Phi) is 8.57. The number of hydrogen-bond donors (Lipinski definition) is 2. The van der Waals surface area contributed by atoms with Crippen molar-refractivity contribution in [2.75, 3.05) is 31.1 Å². The summed E-state index contributed by atoms with van der Waals surface area (Å²) in [6, 6.07) is -0.898. The number of esters is 2. The molecule has 3 aliphatic heterocycles. The van der Waals surface area contributed by atoms with Crippen LogP contribution in [0.4, 0.5) is 5.13 Å². The van der Waals surface area contributed by atoms with E-state index in [4.69, 9.17) is 20.0 Å². The average molecular weight is 584 g/mol. The number of oxime groups is 1. The summed E-state index contributed by atoms with van der Waals surface area (Å²) >= 11 is 4.33. The Balaban J connectivity index is 1.50. The number of nitrogens with one attached hydrogen (secondary N) is 1. The largest absolute Gasteiger partial charge is 0.427 e. The van der Waals surface area contributed by atoms with Crippen molar-refractivity contribution in [3.8, 4) is 0 Å². The summed E-state index contributed by atoms with van der Waals surface area (Å²) in [6.07, 6.45) is 1.89. The maximum absolute atomic E-state index is 13.3. The summed E-state index contributed by atoms with van der Waals surface area (Å²) in [4.78, 5) is 61.8. The molecular formula is C23H29N5O7S3. The van der Waals surface area contributed by atoms with Crippen molar-refractivity contribution in [2.24, 2.45) is 10.6 Å². The van der Waals surface area contributed by atoms with E-state index in [1.165, 1.54) is 23.8 Å². The molecule has 206 valence electrons. The van der Waals surface area contributed by atoms with Crippen molar-refractivity contribution in [2.45, 2.75) is 50.3 Å². The molecule has 38 heavy (non-hydrogen) atoms. The van der Waals surface area contributed by atoms with Crippen molar-refractivity contribution >= 4 is 69.5 Å². The molecule has 3 aliphatic rings. The number of carbonyl (C=O) groups excluding carboxylic acids is 4. The van der Waals surface area contributed by atoms with Gasteiger partial charge in [-0.15, -0.1) is 23.1 Å². The molecular weight excluding hydrogens is 554 g/mol. The van der Waals surface area contributed by atoms with Crippen molar-refractivity contribution < 1.29 is 33.5 Å². The maximum Gasteiger partial charge on any atom is 0.357 e. The van der Waals surface area contributed by atoms with Crippen LogP contribution in [0.15, 0.2) is 21.8 Å². The fraction of sp³-hybridized carbons (Fsp3) is 0.565. The Hall–Kier alpha value is -2.78. The third kappa shape index (κ3) is 5.78. The lowest BCUT2D eigenvalue weighted by Gasteiger charge is -2.50. The van der Waals surface area contributed by atoms with Gasteiger partial charge in [0.05, 0.1) is 5.41 Å². The van der Waals surface area contributed by atoms with Gasteiger partial charge in [-0.3, -0.25) is 19.3 Å². The second-order valence-corrected chi connectivity index (χ2v) is 13.0. The number of nitrogens with zero attached hydrogens (tertiary/aromatic N) is 3. The minimum absolute atomic E-state index is 0.0835. The first kappa shape index (κ1) is 28.2. The number of fused-ring (bicyclic) bond motifs is 1. The number of aromatic nitrogens is 1. The van der Waals surface area contributed by atoms with Crippen LogP contribution in [-0.2, 0) is 33.5 Å². The van der Waals surface area contributed by atoms with Crippen LogP contribution in [0.2, 0.25) is 0 Å². The van der Waals surface area contributed by atoms with E-state index in [2.05, 4.69) is 15.5 Å². The number of nitrogens with two attached hydrogens (primary N) is 1. The van der Waals surface area contributed by atoms with E-state index in [9.17, 15) is 19.2 Å². The van der Waals surface area contributed by atoms with Crippen molar-refractivity contribution in [1.29, 1.82) is 0 Å². The molecule has 4 rings (SSSR count). The quantitative estimate of drug-likeness (QED) is 0.151. The highest BCUT2D eigenvalue weighted by Crippen LogP contribution is 2.45. The maximum atomic E-state index is 13.3. The zero-order valence-corrected chi connectivity index (χ0v) is 23.8. The first-order valence-electron chi connectivity index (χ1n) is 11.8. The molecule has 1 aromatic heterocycles. The minimum atomic E-state index is -0.898. The molecule has 3 N–H and O–H groups in total. The molecule has 2 fully saturated rings. The number of carbonyl (C=O) groups is 4. The second kappa shape index (κ2) is 11.5. The topological polar surface area (TPSA) is 163 Å². The molecule has 0 saturated carbocycles. The minimum Gasteiger partial charge on any atom is -0.427 e. The molecule has 4 heterocycles. The number of nitrogen functional groups attached to an aromatic ring is 1. The summed E-state index contributed by atoms with van der Waals surface area (Å²) in [6.45, 7) is 4.52. The highest BCUT2D eigenvalue weighted by Gasteiger charge is 2.55. The van der Waals surface area contributed by atoms with Crippen LogP contribution in [0.5, 0.6) is 0 Å². The van der Waals surface area contributed by atoms with Crippen molar-refractivity contribution in [3.05, 3.63) is 22.3 Å². The van der Waals surface area contributed by atoms with Gasteiger partial charge in [-0.2, -0.15) is 11.8 Å². The second-order valence-electron chi connectivity index (χ2n) is 9.66. The van der Waals surface area contributed by atoms with E-state index < -0.39 is 47.4 Å². The molecule has 0 aliphatic carbocycles. The van der Waals surface area contributed by atoms with Crippen LogP contribution in [-0.4, -0.2) is 81.4 Å². The monoisotopic (exact) mass is 583 g/mol. The van der Waals surface area contributed by atoms with Crippen LogP contribution >= 0.6 is 34.9 Å². The predicted molar refractivity (Wildman–Crippen MR) is 144 cm³/mol. The molecule has 0 bridgehead atoms. The van der Waals surface area contributed by atoms with Gasteiger partial charge in [0.25, 0.3) is 11.8 Å². The van der Waals surface area contributed by atoms with Crippen LogP contribution in [0, 0.1) is 5.41 Å². The van der Waals surface area contributed by atoms with E-state index in [-0.39, 0.29) is 27.5 Å². The van der Waals surface area contributed by atoms with Gasteiger partial charge in [0.15, 0.2) is 10.8 Å². The first-order valence-corrected chi connectivity index (χ1v) is 14.8. The van der Waals surface area contributed by atoms with Crippen molar-refractivity contribution in [1.82, 2.24) is 15.2 Å². The molecule has 2 saturated heterocycles. The van der Waals surface area contributed by atoms with Gasteiger partial charge in [-0.25, -0.2) is 9.78 Å². The van der Waals surface area contributed by atoms with Gasteiger partial charge < -0.3 is 25.4 Å². The molecule has 0 radical (unpaired) electrons. The number of ether oxygens (including phenoxy) is 2. The Morgan fingerprint density at radius 1 is 1.26 bits per heavy atom. The fourth-order valence-corrected chi connectivity index (χ4v) is 7.48. The SMILES string of the molecule is CO/N=C(\C(=O)N[C@@H]1C(=O)N2C(C(=O)OCOC(=O)C(C)(C)C)=C(C3CCCS3)CS[C@H]12)c1csc(N)n1. The van der Waals surface area contributed by atoms with E-state index in [0.717, 1.165) is 35.5 Å². The van der Waals surface area contributed by atoms with E-state index in [0.29, 0.717) is 5.75 Å². The Bertz CT molecular complexity index is 1190. The number of hydrogen-bond acceptors (Lipinski definition) is 13. The Labute approximate surface area is 232 Å². The van der Waals surface area contributed by atoms with Gasteiger partial charge in [-0.05, 0) is 44.9 Å². The summed E-state index contributed by atoms with van der Waals surface area (Å²) in [5.74, 6) is -0.909. The van der Waals surface area contributed by atoms with Crippen molar-refractivity contribution in [3.63, 3.8) is 0 Å². The summed E-state index contributed by atoms with van der Waals surface area (Å²) in [7, 11) is 1.29. The van der Waals surface area contributed by atoms with E-state index in [1.807, 2.05) is 0 Å². The van der Waals surface area contributed by atoms with Crippen LogP contribution in [0.3, 0.4) is 0 Å². The fourth-order valence-electron chi connectivity index (χ4n) is 4.05. The highest BCUT2D eigenvalue weighted by atomic mass is 32.2. The molecule has 15 heteroatoms. The zero-order valence-electron chi connectivity index (χ0n) is 21.3. The van der Waals surface area contributed by atoms with Gasteiger partial charge >= 0.3 is 11.9 Å². The van der Waals surface area contributed by atoms with E-state index in [1.54, 1.807) is 37.9 Å². The number of β-lactam (4-membered cyclic amide) rings is 1. The third-order valence-corrected chi connectivity index (χ3v) is 9.37. The summed E-state index contributed by atoms with van der Waals surface area (Å²) in [5, 5.41) is 7.82. The standard InChI is InChI=1S/C23H29N5O7S3/c1-23(2,3)21(32)35-10-34-20(31)16-11(13-6-5-7-36-13)8-37-19-15(18(30)28(16)19)26-17(29)14(27-33-4)12-9-38-22(24)25-12/h9,13,15,19H,5-8,10H2,1-4H3,(H2,24,25)(H,26,29)/b27-14-/t13?,15-,19-/m1/s1. The summed E-state index contributed by atoms with van der Waals surface area (Å²) in [5.41, 5.74) is 6.01. The van der Waals surface area contributed by atoms with Gasteiger partial charge in [0.2, 0.25) is 6.79 Å². The zero-order chi connectivity index (χ0) is 27.6. The predicted octanol–water partition coefficient (Wildman–Crippen LogP) is 1.72. The number of anilines is 1. The number of thioether (sulfide) groups is 2. The van der Waals surface area contributed by atoms with E-state index >= 15 is 0 Å². The lowest BCUT2D eigenvalue weighted by Crippen LogP contribution is -2.71.